The van der Waals surface area contributed by atoms with Gasteiger partial charge in [-0.1, -0.05) is 6.58 Å². The third-order valence-electron chi connectivity index (χ3n) is 2.17. The first kappa shape index (κ1) is 15.8. The summed E-state index contributed by atoms with van der Waals surface area (Å²) in [5.41, 5.74) is 0.288. The zero-order chi connectivity index (χ0) is 13.5. The molecule has 0 saturated carbocycles. The van der Waals surface area contributed by atoms with E-state index in [0.717, 1.165) is 0 Å². The molecule has 0 aliphatic carbocycles. The molecule has 6 nitrogen and oxygen atoms in total. The molecule has 0 aromatic heterocycles. The highest BCUT2D eigenvalue weighted by Crippen LogP contribution is 2.18. The monoisotopic (exact) mass is 262 g/mol. The highest BCUT2D eigenvalue weighted by Gasteiger charge is 2.40. The summed E-state index contributed by atoms with van der Waals surface area (Å²) in [6.45, 7) is 4.95. The summed E-state index contributed by atoms with van der Waals surface area (Å²) < 4.78 is 19.5. The predicted molar refractivity (Wildman–Crippen MR) is 63.2 cm³/mol. The largest absolute Gasteiger partial charge is 0.525 e. The van der Waals surface area contributed by atoms with Crippen LogP contribution in [-0.2, 0) is 28.2 Å². The van der Waals surface area contributed by atoms with Crippen molar-refractivity contribution in [1.82, 2.24) is 0 Å². The minimum Gasteiger partial charge on any atom is -0.525 e. The summed E-state index contributed by atoms with van der Waals surface area (Å²) in [5, 5.41) is 0. The van der Waals surface area contributed by atoms with Gasteiger partial charge in [-0.15, -0.1) is 0 Å². The van der Waals surface area contributed by atoms with Crippen molar-refractivity contribution >= 4 is 22.4 Å². The van der Waals surface area contributed by atoms with E-state index in [2.05, 4.69) is 6.58 Å². The SMILES string of the molecule is C=C(C)C(=O)OCCC(OC)(OC)C(=O)O[SiH3]. The number of rotatable bonds is 7. The molecule has 17 heavy (non-hydrogen) atoms. The van der Waals surface area contributed by atoms with E-state index >= 15 is 0 Å². The van der Waals surface area contributed by atoms with Crippen LogP contribution in [0, 0.1) is 0 Å². The van der Waals surface area contributed by atoms with E-state index in [-0.39, 0.29) is 29.1 Å². The van der Waals surface area contributed by atoms with Crippen LogP contribution in [0.2, 0.25) is 0 Å². The fourth-order valence-corrected chi connectivity index (χ4v) is 1.42. The van der Waals surface area contributed by atoms with Gasteiger partial charge in [0, 0.05) is 26.2 Å². The van der Waals surface area contributed by atoms with Crippen LogP contribution < -0.4 is 0 Å². The third kappa shape index (κ3) is 4.29. The normalized spacial score (nSPS) is 11.0. The second-order valence-corrected chi connectivity index (χ2v) is 3.73. The number of methoxy groups -OCH3 is 2. The molecule has 0 atom stereocenters. The first-order valence-electron chi connectivity index (χ1n) is 4.95. The Kier molecular flexibility index (Phi) is 6.70. The summed E-state index contributed by atoms with van der Waals surface area (Å²) in [6, 6.07) is 0. The molecule has 0 spiro atoms. The average molecular weight is 262 g/mol. The van der Waals surface area contributed by atoms with Crippen molar-refractivity contribution in [3.05, 3.63) is 12.2 Å². The Bertz CT molecular complexity index is 297. The van der Waals surface area contributed by atoms with Crippen molar-refractivity contribution in [3.63, 3.8) is 0 Å². The molecule has 0 radical (unpaired) electrons. The topological polar surface area (TPSA) is 71.1 Å². The Hall–Kier alpha value is -1.18. The van der Waals surface area contributed by atoms with Gasteiger partial charge in [0.05, 0.1) is 6.61 Å². The molecule has 98 valence electrons. The predicted octanol–water partition coefficient (Wildman–Crippen LogP) is -0.692. The lowest BCUT2D eigenvalue weighted by atomic mass is 10.2. The Morgan fingerprint density at radius 1 is 1.29 bits per heavy atom. The number of carbonyl (C=O) groups is 2. The molecule has 0 fully saturated rings. The molecule has 0 rings (SSSR count). The highest BCUT2D eigenvalue weighted by molar-refractivity contribution is 6.06. The van der Waals surface area contributed by atoms with E-state index in [0.29, 0.717) is 0 Å². The number of hydrogen-bond donors (Lipinski definition) is 0. The zero-order valence-electron chi connectivity index (χ0n) is 10.6. The molecular weight excluding hydrogens is 244 g/mol. The number of esters is 1. The van der Waals surface area contributed by atoms with Crippen LogP contribution in [0.3, 0.4) is 0 Å². The molecule has 7 heteroatoms. The van der Waals surface area contributed by atoms with Gasteiger partial charge in [-0.3, -0.25) is 0 Å². The van der Waals surface area contributed by atoms with E-state index in [9.17, 15) is 9.59 Å². The molecule has 0 aromatic rings. The summed E-state index contributed by atoms with van der Waals surface area (Å²) >= 11 is 0. The Balaban J connectivity index is 4.42. The van der Waals surface area contributed by atoms with Gasteiger partial charge in [-0.2, -0.15) is 0 Å². The molecule has 0 aromatic carbocycles. The number of hydrogen-bond acceptors (Lipinski definition) is 6. The highest BCUT2D eigenvalue weighted by atomic mass is 28.2. The van der Waals surface area contributed by atoms with Crippen molar-refractivity contribution in [2.24, 2.45) is 0 Å². The molecule has 0 bridgehead atoms. The van der Waals surface area contributed by atoms with Crippen LogP contribution in [0.15, 0.2) is 12.2 Å². The lowest BCUT2D eigenvalue weighted by Gasteiger charge is -2.27. The van der Waals surface area contributed by atoms with Gasteiger partial charge in [0.1, 0.15) is 0 Å². The number of ether oxygens (including phenoxy) is 3. The van der Waals surface area contributed by atoms with Crippen LogP contribution in [0.4, 0.5) is 0 Å². The van der Waals surface area contributed by atoms with Crippen molar-refractivity contribution in [2.45, 2.75) is 19.1 Å². The van der Waals surface area contributed by atoms with Crippen molar-refractivity contribution in [1.29, 1.82) is 0 Å². The van der Waals surface area contributed by atoms with Gasteiger partial charge in [0.2, 0.25) is 10.5 Å². The molecule has 0 N–H and O–H groups in total. The van der Waals surface area contributed by atoms with Crippen LogP contribution in [-0.4, -0.2) is 49.0 Å². The van der Waals surface area contributed by atoms with Crippen molar-refractivity contribution in [3.8, 4) is 0 Å². The average Bonchev–Trinajstić information content (AvgIpc) is 2.33. The van der Waals surface area contributed by atoms with Crippen LogP contribution in [0.5, 0.6) is 0 Å². The molecule has 0 aliphatic heterocycles. The maximum Gasteiger partial charge on any atom is 0.353 e. The fraction of sp³-hybridized carbons (Fsp3) is 0.600. The lowest BCUT2D eigenvalue weighted by molar-refractivity contribution is -0.227. The van der Waals surface area contributed by atoms with Crippen LogP contribution >= 0.6 is 0 Å². The third-order valence-corrected chi connectivity index (χ3v) is 2.54. The second kappa shape index (κ2) is 7.20. The maximum absolute atomic E-state index is 11.5. The molecule has 0 heterocycles. The van der Waals surface area contributed by atoms with E-state index in [1.54, 1.807) is 0 Å². The summed E-state index contributed by atoms with van der Waals surface area (Å²) in [6.07, 6.45) is 0.0556. The van der Waals surface area contributed by atoms with E-state index in [1.807, 2.05) is 0 Å². The zero-order valence-corrected chi connectivity index (χ0v) is 12.6. The Labute approximate surface area is 103 Å². The lowest BCUT2D eigenvalue weighted by Crippen LogP contribution is -2.45. The number of carbonyl (C=O) groups excluding carboxylic acids is 2. The van der Waals surface area contributed by atoms with E-state index < -0.39 is 17.7 Å². The van der Waals surface area contributed by atoms with Crippen LogP contribution in [0.1, 0.15) is 13.3 Å². The maximum atomic E-state index is 11.5. The van der Waals surface area contributed by atoms with Gasteiger partial charge in [-0.05, 0) is 6.92 Å². The Morgan fingerprint density at radius 2 is 1.82 bits per heavy atom. The second-order valence-electron chi connectivity index (χ2n) is 3.32. The molecule has 0 aliphatic rings. The quantitative estimate of drug-likeness (QED) is 0.262. The standard InChI is InChI=1S/C10H18O6Si/c1-7(2)8(11)15-6-5-10(13-3,14-4)9(12)16-17/h1,5-6H2,2-4,17H3. The van der Waals surface area contributed by atoms with Crippen molar-refractivity contribution in [2.75, 3.05) is 20.8 Å². The van der Waals surface area contributed by atoms with Gasteiger partial charge in [-0.25, -0.2) is 9.59 Å². The van der Waals surface area contributed by atoms with Crippen LogP contribution in [0.25, 0.3) is 0 Å². The van der Waals surface area contributed by atoms with Gasteiger partial charge >= 0.3 is 11.9 Å². The van der Waals surface area contributed by atoms with Gasteiger partial charge in [0.25, 0.3) is 5.79 Å². The molecule has 0 unspecified atom stereocenters. The fourth-order valence-electron chi connectivity index (χ4n) is 1.11. The minimum absolute atomic E-state index is 0.0238. The summed E-state index contributed by atoms with van der Waals surface area (Å²) in [4.78, 5) is 22.6. The summed E-state index contributed by atoms with van der Waals surface area (Å²) in [7, 11) is 2.88. The first-order valence-corrected chi connectivity index (χ1v) is 5.76. The minimum atomic E-state index is -1.52. The first-order chi connectivity index (χ1) is 7.93. The molecule has 0 saturated heterocycles. The Morgan fingerprint density at radius 3 is 2.18 bits per heavy atom. The van der Waals surface area contributed by atoms with E-state index in [4.69, 9.17) is 18.6 Å². The smallest absolute Gasteiger partial charge is 0.353 e. The van der Waals surface area contributed by atoms with Gasteiger partial charge in [0.15, 0.2) is 0 Å². The summed E-state index contributed by atoms with van der Waals surface area (Å²) in [5.74, 6) is -2.66. The van der Waals surface area contributed by atoms with Gasteiger partial charge < -0.3 is 18.6 Å². The molecular formula is C10H18O6Si. The molecule has 0 amide bonds. The van der Waals surface area contributed by atoms with Crippen molar-refractivity contribution < 1.29 is 28.2 Å². The van der Waals surface area contributed by atoms with E-state index in [1.165, 1.54) is 21.1 Å².